The molecule has 2 unspecified atom stereocenters. The Hall–Kier alpha value is -3.19. The third-order valence-electron chi connectivity index (χ3n) is 6.69. The summed E-state index contributed by atoms with van der Waals surface area (Å²) in [6.45, 7) is 0. The van der Waals surface area contributed by atoms with Crippen molar-refractivity contribution in [3.05, 3.63) is 69.7 Å². The van der Waals surface area contributed by atoms with Gasteiger partial charge in [0.15, 0.2) is 0 Å². The van der Waals surface area contributed by atoms with Crippen LogP contribution in [0.2, 0.25) is 5.02 Å². The second kappa shape index (κ2) is 7.74. The average Bonchev–Trinajstić information content (AvgIpc) is 3.56. The van der Waals surface area contributed by atoms with Crippen LogP contribution in [0.15, 0.2) is 42.5 Å². The van der Waals surface area contributed by atoms with Crippen molar-refractivity contribution in [3.8, 4) is 0 Å². The Morgan fingerprint density at radius 1 is 1.06 bits per heavy atom. The summed E-state index contributed by atoms with van der Waals surface area (Å²) in [7, 11) is 0. The highest BCUT2D eigenvalue weighted by atomic mass is 35.5. The van der Waals surface area contributed by atoms with Gasteiger partial charge in [-0.2, -0.15) is 0 Å². The van der Waals surface area contributed by atoms with Crippen LogP contribution in [0.4, 0.5) is 0 Å². The fraction of sp³-hybridized carbons (Fsp3) is 0.333. The van der Waals surface area contributed by atoms with Gasteiger partial charge >= 0.3 is 0 Å². The normalized spacial score (nSPS) is 23.7. The molecule has 1 saturated carbocycles. The number of carbonyl (C=O) groups is 4. The first-order valence-corrected chi connectivity index (χ1v) is 11.1. The van der Waals surface area contributed by atoms with Crippen LogP contribution in [0.1, 0.15) is 69.5 Å². The van der Waals surface area contributed by atoms with Gasteiger partial charge in [0.25, 0.3) is 5.91 Å². The Morgan fingerprint density at radius 3 is 2.41 bits per heavy atom. The summed E-state index contributed by atoms with van der Waals surface area (Å²) in [4.78, 5) is 51.6. The van der Waals surface area contributed by atoms with Crippen LogP contribution in [-0.4, -0.2) is 34.6 Å². The standard InChI is InChI=1S/C24H22ClN3O4/c25-15-6-3-13(4-7-15)20(12-1-2-12)21-17-11-14(22(26)30)5-8-16(17)24(32)28(21)18-9-10-19(29)27-23(18)31/h3-8,11-12,18,20-21H,1-2,9-10H2,(H2,26,30)(H,27,29,31)/t18?,20-,21?/m1/s1. The number of nitrogens with two attached hydrogens (primary N) is 1. The maximum Gasteiger partial charge on any atom is 0.255 e. The van der Waals surface area contributed by atoms with Gasteiger partial charge in [0.2, 0.25) is 17.7 Å². The molecule has 2 heterocycles. The number of hydrogen-bond donors (Lipinski definition) is 2. The summed E-state index contributed by atoms with van der Waals surface area (Å²) < 4.78 is 0. The van der Waals surface area contributed by atoms with E-state index in [1.807, 2.05) is 24.3 Å². The number of carbonyl (C=O) groups excluding carboxylic acids is 4. The summed E-state index contributed by atoms with van der Waals surface area (Å²) in [5.41, 5.74) is 8.02. The van der Waals surface area contributed by atoms with Crippen LogP contribution >= 0.6 is 11.6 Å². The number of amides is 4. The number of halogens is 1. The summed E-state index contributed by atoms with van der Waals surface area (Å²) in [5.74, 6) is -1.39. The lowest BCUT2D eigenvalue weighted by atomic mass is 9.82. The van der Waals surface area contributed by atoms with Crippen molar-refractivity contribution in [2.75, 3.05) is 0 Å². The van der Waals surface area contributed by atoms with Gasteiger partial charge in [-0.3, -0.25) is 24.5 Å². The number of piperidine rings is 1. The molecule has 0 radical (unpaired) electrons. The van der Waals surface area contributed by atoms with E-state index in [4.69, 9.17) is 17.3 Å². The summed E-state index contributed by atoms with van der Waals surface area (Å²) >= 11 is 6.11. The number of nitrogens with zero attached hydrogens (tertiary/aromatic N) is 1. The maximum atomic E-state index is 13.6. The Balaban J connectivity index is 1.66. The van der Waals surface area contributed by atoms with Gasteiger partial charge in [-0.1, -0.05) is 23.7 Å². The van der Waals surface area contributed by atoms with Gasteiger partial charge < -0.3 is 10.6 Å². The molecular weight excluding hydrogens is 430 g/mol. The molecule has 0 bridgehead atoms. The molecule has 3 aliphatic rings. The molecule has 32 heavy (non-hydrogen) atoms. The second-order valence-corrected chi connectivity index (χ2v) is 9.14. The van der Waals surface area contributed by atoms with Crippen LogP contribution in [0.25, 0.3) is 0 Å². The maximum absolute atomic E-state index is 13.6. The highest BCUT2D eigenvalue weighted by Crippen LogP contribution is 2.54. The molecule has 1 saturated heterocycles. The van der Waals surface area contributed by atoms with E-state index >= 15 is 0 Å². The summed E-state index contributed by atoms with van der Waals surface area (Å²) in [6, 6.07) is 11.2. The Kier molecular flexibility index (Phi) is 5.01. The van der Waals surface area contributed by atoms with Gasteiger partial charge in [-0.05, 0) is 66.6 Å². The topological polar surface area (TPSA) is 110 Å². The monoisotopic (exact) mass is 451 g/mol. The molecule has 164 valence electrons. The second-order valence-electron chi connectivity index (χ2n) is 8.71. The van der Waals surface area contributed by atoms with E-state index in [9.17, 15) is 19.2 Å². The fourth-order valence-electron chi connectivity index (χ4n) is 5.07. The lowest BCUT2D eigenvalue weighted by molar-refractivity contribution is -0.137. The molecule has 0 spiro atoms. The van der Waals surface area contributed by atoms with Crippen molar-refractivity contribution in [1.82, 2.24) is 10.2 Å². The van der Waals surface area contributed by atoms with Crippen molar-refractivity contribution in [2.45, 2.75) is 43.7 Å². The molecule has 2 aliphatic heterocycles. The van der Waals surface area contributed by atoms with Gasteiger partial charge in [0.05, 0.1) is 6.04 Å². The molecule has 2 fully saturated rings. The number of primary amides is 1. The minimum absolute atomic E-state index is 0.0778. The lowest BCUT2D eigenvalue weighted by Gasteiger charge is -2.38. The Morgan fingerprint density at radius 2 is 1.78 bits per heavy atom. The number of hydrogen-bond acceptors (Lipinski definition) is 4. The van der Waals surface area contributed by atoms with Crippen LogP contribution in [0, 0.1) is 5.92 Å². The number of rotatable bonds is 5. The molecule has 2 aromatic rings. The average molecular weight is 452 g/mol. The van der Waals surface area contributed by atoms with Crippen LogP contribution in [0.3, 0.4) is 0 Å². The molecule has 3 atom stereocenters. The van der Waals surface area contributed by atoms with Gasteiger partial charge in [-0.15, -0.1) is 0 Å². The van der Waals surface area contributed by atoms with Crippen molar-refractivity contribution in [1.29, 1.82) is 0 Å². The van der Waals surface area contributed by atoms with Crippen LogP contribution in [-0.2, 0) is 9.59 Å². The van der Waals surface area contributed by atoms with E-state index in [2.05, 4.69) is 5.32 Å². The molecule has 5 rings (SSSR count). The molecule has 3 N–H and O–H groups in total. The molecule has 2 aromatic carbocycles. The third-order valence-corrected chi connectivity index (χ3v) is 6.94. The molecule has 1 aliphatic carbocycles. The first-order chi connectivity index (χ1) is 15.3. The van der Waals surface area contributed by atoms with Crippen molar-refractivity contribution < 1.29 is 19.2 Å². The van der Waals surface area contributed by atoms with Crippen LogP contribution in [0.5, 0.6) is 0 Å². The first-order valence-electron chi connectivity index (χ1n) is 10.7. The van der Waals surface area contributed by atoms with E-state index in [-0.39, 0.29) is 30.6 Å². The van der Waals surface area contributed by atoms with Crippen molar-refractivity contribution in [2.24, 2.45) is 11.7 Å². The van der Waals surface area contributed by atoms with E-state index in [1.54, 1.807) is 23.1 Å². The van der Waals surface area contributed by atoms with E-state index in [0.717, 1.165) is 18.4 Å². The highest BCUT2D eigenvalue weighted by Gasteiger charge is 2.51. The number of nitrogens with one attached hydrogen (secondary N) is 1. The predicted molar refractivity (Wildman–Crippen MR) is 117 cm³/mol. The molecule has 8 heteroatoms. The van der Waals surface area contributed by atoms with Crippen LogP contribution < -0.4 is 11.1 Å². The largest absolute Gasteiger partial charge is 0.366 e. The fourth-order valence-corrected chi connectivity index (χ4v) is 5.20. The Bertz CT molecular complexity index is 1140. The number of fused-ring (bicyclic) bond motifs is 1. The summed E-state index contributed by atoms with van der Waals surface area (Å²) in [5, 5.41) is 2.99. The van der Waals surface area contributed by atoms with E-state index < -0.39 is 23.9 Å². The predicted octanol–water partition coefficient (Wildman–Crippen LogP) is 2.93. The van der Waals surface area contributed by atoms with Gasteiger partial charge in [0, 0.05) is 28.5 Å². The number of benzene rings is 2. The molecular formula is C24H22ClN3O4. The van der Waals surface area contributed by atoms with Crippen molar-refractivity contribution in [3.63, 3.8) is 0 Å². The van der Waals surface area contributed by atoms with E-state index in [0.29, 0.717) is 27.6 Å². The molecule has 7 nitrogen and oxygen atoms in total. The smallest absolute Gasteiger partial charge is 0.255 e. The SMILES string of the molecule is NC(=O)c1ccc2c(c1)C([C@@H](c1ccc(Cl)cc1)C1CC1)N(C1CCC(=O)NC1=O)C2=O. The minimum Gasteiger partial charge on any atom is -0.366 e. The number of imide groups is 1. The zero-order valence-electron chi connectivity index (χ0n) is 17.2. The first kappa shape index (κ1) is 20.7. The van der Waals surface area contributed by atoms with Gasteiger partial charge in [0.1, 0.15) is 6.04 Å². The van der Waals surface area contributed by atoms with E-state index in [1.165, 1.54) is 0 Å². The minimum atomic E-state index is -0.761. The van der Waals surface area contributed by atoms with Crippen molar-refractivity contribution >= 4 is 35.2 Å². The lowest BCUT2D eigenvalue weighted by Crippen LogP contribution is -2.54. The molecule has 4 amide bonds. The quantitative estimate of drug-likeness (QED) is 0.681. The summed E-state index contributed by atoms with van der Waals surface area (Å²) in [6.07, 6.45) is 2.45. The van der Waals surface area contributed by atoms with Gasteiger partial charge in [-0.25, -0.2) is 0 Å². The highest BCUT2D eigenvalue weighted by molar-refractivity contribution is 6.30. The third kappa shape index (κ3) is 3.46. The zero-order valence-corrected chi connectivity index (χ0v) is 18.0. The zero-order chi connectivity index (χ0) is 22.6. The molecule has 0 aromatic heterocycles. The Labute approximate surface area is 189 Å².